The predicted molar refractivity (Wildman–Crippen MR) is 154 cm³/mol. The molecule has 1 aromatic heterocycles. The van der Waals surface area contributed by atoms with Crippen molar-refractivity contribution in [3.8, 4) is 0 Å². The standard InChI is InChI=1S/C32H37N3O3/c1-8-18(4)22(9-2)26-20(6)29-27(28-24(26)17-34-30(28)36)23-13-11-12-14-25(23)35(29)21-15-19(5)32(16-21,33-7)31(37)38-10-3/h8-9,11-14,19,21,33H,1-2,10,15-17H2,3-7H3,(H,34,36)/b22-18+. The fourth-order valence-electron chi connectivity index (χ4n) is 6.96. The molecule has 1 amide bonds. The molecular formula is C32H37N3O3. The zero-order chi connectivity index (χ0) is 27.4. The van der Waals surface area contributed by atoms with Gasteiger partial charge in [-0.2, -0.15) is 0 Å². The summed E-state index contributed by atoms with van der Waals surface area (Å²) in [6, 6.07) is 8.34. The third-order valence-electron chi connectivity index (χ3n) is 8.83. The molecule has 3 atom stereocenters. The van der Waals surface area contributed by atoms with Gasteiger partial charge in [-0.15, -0.1) is 0 Å². The Hall–Kier alpha value is -3.64. The van der Waals surface area contributed by atoms with Crippen molar-refractivity contribution in [3.05, 3.63) is 77.4 Å². The molecule has 3 aromatic rings. The quantitative estimate of drug-likeness (QED) is 0.302. The molecule has 2 N–H and O–H groups in total. The topological polar surface area (TPSA) is 72.4 Å². The summed E-state index contributed by atoms with van der Waals surface area (Å²) in [5.74, 6) is -0.184. The van der Waals surface area contributed by atoms with Crippen molar-refractivity contribution in [1.29, 1.82) is 0 Å². The average molecular weight is 512 g/mol. The Morgan fingerprint density at radius 1 is 1.29 bits per heavy atom. The van der Waals surface area contributed by atoms with Crippen LogP contribution in [0.15, 0.2) is 55.1 Å². The van der Waals surface area contributed by atoms with E-state index < -0.39 is 5.54 Å². The number of likely N-dealkylation sites (N-methyl/N-ethyl adjacent to an activating group) is 1. The Labute approximate surface area is 224 Å². The van der Waals surface area contributed by atoms with Gasteiger partial charge in [-0.3, -0.25) is 9.59 Å². The van der Waals surface area contributed by atoms with Crippen LogP contribution in [0, 0.1) is 12.8 Å². The van der Waals surface area contributed by atoms with Gasteiger partial charge in [-0.05, 0) is 80.5 Å². The number of esters is 1. The van der Waals surface area contributed by atoms with E-state index in [0.29, 0.717) is 19.6 Å². The van der Waals surface area contributed by atoms with Crippen LogP contribution in [0.25, 0.3) is 27.4 Å². The fraction of sp³-hybridized carbons (Fsp3) is 0.375. The number of nitrogens with one attached hydrogen (secondary N) is 2. The third kappa shape index (κ3) is 3.50. The highest BCUT2D eigenvalue weighted by Crippen LogP contribution is 2.49. The normalized spacial score (nSPS) is 23.3. The van der Waals surface area contributed by atoms with Gasteiger partial charge in [0.1, 0.15) is 5.54 Å². The van der Waals surface area contributed by atoms with Crippen molar-refractivity contribution >= 4 is 39.3 Å². The van der Waals surface area contributed by atoms with Gasteiger partial charge in [-0.25, -0.2) is 0 Å². The van der Waals surface area contributed by atoms with E-state index in [1.807, 2.05) is 45.2 Å². The van der Waals surface area contributed by atoms with Crippen molar-refractivity contribution < 1.29 is 14.3 Å². The molecule has 0 radical (unpaired) electrons. The number of nitrogens with zero attached hydrogens (tertiary/aromatic N) is 1. The minimum Gasteiger partial charge on any atom is -0.465 e. The molecule has 198 valence electrons. The largest absolute Gasteiger partial charge is 0.465 e. The summed E-state index contributed by atoms with van der Waals surface area (Å²) in [5.41, 5.74) is 7.24. The van der Waals surface area contributed by atoms with Gasteiger partial charge in [0.2, 0.25) is 0 Å². The lowest BCUT2D eigenvalue weighted by atomic mass is 9.87. The first kappa shape index (κ1) is 26.0. The fourth-order valence-corrected chi connectivity index (χ4v) is 6.96. The Morgan fingerprint density at radius 2 is 2.03 bits per heavy atom. The number of benzene rings is 2. The van der Waals surface area contributed by atoms with E-state index >= 15 is 0 Å². The number of carbonyl (C=O) groups excluding carboxylic acids is 2. The number of hydrogen-bond acceptors (Lipinski definition) is 4. The number of allylic oxidation sites excluding steroid dienone is 4. The van der Waals surface area contributed by atoms with Crippen LogP contribution in [0.2, 0.25) is 0 Å². The van der Waals surface area contributed by atoms with E-state index in [1.54, 1.807) is 0 Å². The second kappa shape index (κ2) is 9.59. The minimum atomic E-state index is -0.769. The zero-order valence-electron chi connectivity index (χ0n) is 23.0. The zero-order valence-corrected chi connectivity index (χ0v) is 23.0. The van der Waals surface area contributed by atoms with Crippen molar-refractivity contribution in [2.24, 2.45) is 5.92 Å². The Balaban J connectivity index is 1.88. The molecule has 6 nitrogen and oxygen atoms in total. The van der Waals surface area contributed by atoms with Crippen molar-refractivity contribution in [3.63, 3.8) is 0 Å². The minimum absolute atomic E-state index is 0.0370. The summed E-state index contributed by atoms with van der Waals surface area (Å²) in [5, 5.41) is 8.46. The van der Waals surface area contributed by atoms with Crippen LogP contribution in [0.4, 0.5) is 0 Å². The molecule has 1 saturated carbocycles. The highest BCUT2D eigenvalue weighted by molar-refractivity contribution is 6.22. The van der Waals surface area contributed by atoms with E-state index in [0.717, 1.165) is 61.6 Å². The van der Waals surface area contributed by atoms with Gasteiger partial charge in [0.25, 0.3) is 5.91 Å². The third-order valence-corrected chi connectivity index (χ3v) is 8.83. The smallest absolute Gasteiger partial charge is 0.326 e. The van der Waals surface area contributed by atoms with Gasteiger partial charge in [0.05, 0.1) is 17.7 Å². The van der Waals surface area contributed by atoms with Gasteiger partial charge >= 0.3 is 5.97 Å². The molecule has 0 saturated heterocycles. The van der Waals surface area contributed by atoms with Crippen LogP contribution < -0.4 is 10.6 Å². The summed E-state index contributed by atoms with van der Waals surface area (Å²) >= 11 is 0. The molecule has 5 rings (SSSR count). The summed E-state index contributed by atoms with van der Waals surface area (Å²) in [6.07, 6.45) is 5.12. The number of fused-ring (bicyclic) bond motifs is 5. The number of carbonyl (C=O) groups is 2. The van der Waals surface area contributed by atoms with Gasteiger partial charge < -0.3 is 19.9 Å². The van der Waals surface area contributed by atoms with Gasteiger partial charge in [-0.1, -0.05) is 50.4 Å². The maximum Gasteiger partial charge on any atom is 0.326 e. The van der Waals surface area contributed by atoms with Crippen LogP contribution in [0.5, 0.6) is 0 Å². The molecule has 6 heteroatoms. The monoisotopic (exact) mass is 511 g/mol. The summed E-state index contributed by atoms with van der Waals surface area (Å²) < 4.78 is 7.93. The average Bonchev–Trinajstić information content (AvgIpc) is 3.57. The lowest BCUT2D eigenvalue weighted by Gasteiger charge is -2.30. The first-order valence-electron chi connectivity index (χ1n) is 13.4. The highest BCUT2D eigenvalue weighted by Gasteiger charge is 2.52. The van der Waals surface area contributed by atoms with Crippen molar-refractivity contribution in [1.82, 2.24) is 15.2 Å². The summed E-state index contributed by atoms with van der Waals surface area (Å²) in [4.78, 5) is 26.6. The Kier molecular flexibility index (Phi) is 6.56. The number of ether oxygens (including phenoxy) is 1. The van der Waals surface area contributed by atoms with E-state index in [-0.39, 0.29) is 23.8 Å². The highest BCUT2D eigenvalue weighted by atomic mass is 16.5. The number of rotatable bonds is 7. The molecule has 2 aliphatic rings. The van der Waals surface area contributed by atoms with Crippen LogP contribution in [0.3, 0.4) is 0 Å². The molecule has 1 aliphatic carbocycles. The number of hydrogen-bond donors (Lipinski definition) is 2. The summed E-state index contributed by atoms with van der Waals surface area (Å²) in [7, 11) is 1.85. The van der Waals surface area contributed by atoms with Crippen LogP contribution in [-0.4, -0.2) is 35.6 Å². The van der Waals surface area contributed by atoms with Crippen LogP contribution >= 0.6 is 0 Å². The second-order valence-corrected chi connectivity index (χ2v) is 10.6. The first-order chi connectivity index (χ1) is 18.2. The van der Waals surface area contributed by atoms with Crippen LogP contribution in [0.1, 0.15) is 66.7 Å². The lowest BCUT2D eigenvalue weighted by molar-refractivity contribution is -0.152. The molecule has 1 aliphatic heterocycles. The molecule has 1 fully saturated rings. The number of para-hydroxylation sites is 1. The molecule has 38 heavy (non-hydrogen) atoms. The Bertz CT molecular complexity index is 1540. The molecule has 3 unspecified atom stereocenters. The summed E-state index contributed by atoms with van der Waals surface area (Å²) in [6.45, 7) is 17.1. The molecule has 2 aromatic carbocycles. The first-order valence-corrected chi connectivity index (χ1v) is 13.4. The number of aryl methyl sites for hydroxylation is 1. The molecule has 0 spiro atoms. The Morgan fingerprint density at radius 3 is 2.68 bits per heavy atom. The predicted octanol–water partition coefficient (Wildman–Crippen LogP) is 5.98. The lowest BCUT2D eigenvalue weighted by Crippen LogP contribution is -2.53. The molecular weight excluding hydrogens is 474 g/mol. The van der Waals surface area contributed by atoms with Crippen molar-refractivity contribution in [2.75, 3.05) is 13.7 Å². The maximum absolute atomic E-state index is 13.4. The van der Waals surface area contributed by atoms with E-state index in [2.05, 4.69) is 54.3 Å². The van der Waals surface area contributed by atoms with E-state index in [1.165, 1.54) is 0 Å². The van der Waals surface area contributed by atoms with Crippen molar-refractivity contribution in [2.45, 2.75) is 58.7 Å². The number of amides is 1. The van der Waals surface area contributed by atoms with Gasteiger partial charge in [0.15, 0.2) is 0 Å². The molecule has 2 heterocycles. The van der Waals surface area contributed by atoms with Gasteiger partial charge in [0, 0.05) is 28.9 Å². The molecule has 0 bridgehead atoms. The number of aromatic nitrogens is 1. The van der Waals surface area contributed by atoms with Crippen LogP contribution in [-0.2, 0) is 16.1 Å². The van der Waals surface area contributed by atoms with E-state index in [4.69, 9.17) is 4.74 Å². The SMILES string of the molecule is C=C/C(C)=C(\C=C)c1c2c(c3c4ccccc4n(C4CC(C)C(NC)(C(=O)OCC)C4)c3c1C)C(=O)NC2. The second-order valence-electron chi connectivity index (χ2n) is 10.6. The van der Waals surface area contributed by atoms with E-state index in [9.17, 15) is 9.59 Å². The maximum atomic E-state index is 13.4.